The first-order valence-corrected chi connectivity index (χ1v) is 6.57. The van der Waals surface area contributed by atoms with Crippen LogP contribution in [0.15, 0.2) is 23.4 Å². The van der Waals surface area contributed by atoms with Crippen LogP contribution in [0.2, 0.25) is 0 Å². The molecule has 19 heavy (non-hydrogen) atoms. The summed E-state index contributed by atoms with van der Waals surface area (Å²) in [5, 5.41) is 11.8. The number of nitrogens with zero attached hydrogens (tertiary/aromatic N) is 2. The molecule has 0 amide bonds. The van der Waals surface area contributed by atoms with Gasteiger partial charge in [0.05, 0.1) is 11.3 Å². The highest BCUT2D eigenvalue weighted by molar-refractivity contribution is 6.02. The Balaban J connectivity index is 2.43. The van der Waals surface area contributed by atoms with E-state index >= 15 is 0 Å². The van der Waals surface area contributed by atoms with Crippen LogP contribution in [-0.4, -0.2) is 23.6 Å². The lowest BCUT2D eigenvalue weighted by Gasteiger charge is -2.31. The normalized spacial score (nSPS) is 15.9. The number of oxime groups is 1. The van der Waals surface area contributed by atoms with Crippen molar-refractivity contribution in [3.8, 4) is 0 Å². The van der Waals surface area contributed by atoms with Gasteiger partial charge in [-0.1, -0.05) is 11.2 Å². The zero-order valence-corrected chi connectivity index (χ0v) is 11.3. The van der Waals surface area contributed by atoms with Gasteiger partial charge in [0.2, 0.25) is 0 Å². The van der Waals surface area contributed by atoms with E-state index in [1.54, 1.807) is 6.07 Å². The van der Waals surface area contributed by atoms with Gasteiger partial charge in [0.25, 0.3) is 0 Å². The molecule has 0 aromatic heterocycles. The molecule has 0 radical (unpaired) electrons. The number of rotatable bonds is 5. The molecule has 4 nitrogen and oxygen atoms in total. The Bertz CT molecular complexity index is 484. The zero-order chi connectivity index (χ0) is 14.0. The van der Waals surface area contributed by atoms with Crippen LogP contribution < -0.4 is 10.6 Å². The quantitative estimate of drug-likeness (QED) is 0.372. The zero-order valence-electron chi connectivity index (χ0n) is 11.3. The Kier molecular flexibility index (Phi) is 3.93. The molecule has 3 N–H and O–H groups in total. The maximum absolute atomic E-state index is 14.0. The molecule has 1 aromatic carbocycles. The predicted molar refractivity (Wildman–Crippen MR) is 74.1 cm³/mol. The predicted octanol–water partition coefficient (Wildman–Crippen LogP) is 2.55. The number of nitrogens with two attached hydrogens (primary N) is 1. The minimum Gasteiger partial charge on any atom is -0.409 e. The fraction of sp³-hybridized carbons (Fsp3) is 0.500. The summed E-state index contributed by atoms with van der Waals surface area (Å²) in [6, 6.07) is 5.03. The summed E-state index contributed by atoms with van der Waals surface area (Å²) in [7, 11) is 0. The first-order valence-electron chi connectivity index (χ1n) is 6.57. The number of amidine groups is 1. The van der Waals surface area contributed by atoms with Crippen molar-refractivity contribution in [3.05, 3.63) is 29.6 Å². The highest BCUT2D eigenvalue weighted by atomic mass is 19.1. The van der Waals surface area contributed by atoms with Gasteiger partial charge in [-0.2, -0.15) is 0 Å². The van der Waals surface area contributed by atoms with E-state index < -0.39 is 5.82 Å². The van der Waals surface area contributed by atoms with Crippen LogP contribution in [0.25, 0.3) is 0 Å². The highest BCUT2D eigenvalue weighted by Crippen LogP contribution is 2.34. The lowest BCUT2D eigenvalue weighted by molar-refractivity contribution is 0.318. The average molecular weight is 265 g/mol. The van der Waals surface area contributed by atoms with Crippen LogP contribution in [-0.2, 0) is 0 Å². The molecular weight excluding hydrogens is 245 g/mol. The maximum Gasteiger partial charge on any atom is 0.175 e. The fourth-order valence-corrected chi connectivity index (χ4v) is 2.22. The summed E-state index contributed by atoms with van der Waals surface area (Å²) in [4.78, 5) is 2.12. The van der Waals surface area contributed by atoms with Crippen molar-refractivity contribution in [1.29, 1.82) is 0 Å². The van der Waals surface area contributed by atoms with E-state index in [1.807, 2.05) is 6.07 Å². The lowest BCUT2D eigenvalue weighted by Crippen LogP contribution is -2.35. The molecule has 5 heteroatoms. The third-order valence-corrected chi connectivity index (χ3v) is 3.44. The summed E-state index contributed by atoms with van der Waals surface area (Å²) in [6.07, 6.45) is 2.44. The van der Waals surface area contributed by atoms with Gasteiger partial charge in [-0.3, -0.25) is 0 Å². The van der Waals surface area contributed by atoms with E-state index in [0.717, 1.165) is 6.54 Å². The number of hydrogen-bond acceptors (Lipinski definition) is 3. The second-order valence-electron chi connectivity index (χ2n) is 5.31. The minimum absolute atomic E-state index is 0.180. The van der Waals surface area contributed by atoms with Gasteiger partial charge in [-0.05, 0) is 44.7 Å². The van der Waals surface area contributed by atoms with E-state index in [-0.39, 0.29) is 17.4 Å². The summed E-state index contributed by atoms with van der Waals surface area (Å²) in [5.41, 5.74) is 6.49. The van der Waals surface area contributed by atoms with Gasteiger partial charge < -0.3 is 15.8 Å². The van der Waals surface area contributed by atoms with Crippen LogP contribution in [0.4, 0.5) is 10.1 Å². The van der Waals surface area contributed by atoms with Crippen molar-refractivity contribution in [2.75, 3.05) is 11.4 Å². The highest BCUT2D eigenvalue weighted by Gasteiger charge is 2.28. The number of anilines is 1. The van der Waals surface area contributed by atoms with E-state index in [1.165, 1.54) is 18.9 Å². The molecule has 2 rings (SSSR count). The van der Waals surface area contributed by atoms with Gasteiger partial charge in [-0.25, -0.2) is 4.39 Å². The molecule has 1 fully saturated rings. The van der Waals surface area contributed by atoms with Gasteiger partial charge >= 0.3 is 0 Å². The Morgan fingerprint density at radius 2 is 2.21 bits per heavy atom. The third kappa shape index (κ3) is 2.97. The van der Waals surface area contributed by atoms with E-state index in [2.05, 4.69) is 23.9 Å². The number of benzene rings is 1. The Morgan fingerprint density at radius 1 is 1.53 bits per heavy atom. The monoisotopic (exact) mass is 265 g/mol. The Labute approximate surface area is 112 Å². The molecule has 0 atom stereocenters. The van der Waals surface area contributed by atoms with Crippen molar-refractivity contribution in [1.82, 2.24) is 0 Å². The SMILES string of the molecule is CC(C)N(CC1CC1)c1cccc(F)c1C(N)=NO. The maximum atomic E-state index is 14.0. The molecule has 104 valence electrons. The summed E-state index contributed by atoms with van der Waals surface area (Å²) in [5.74, 6) is 0.0228. The van der Waals surface area contributed by atoms with Gasteiger partial charge in [0, 0.05) is 12.6 Å². The smallest absolute Gasteiger partial charge is 0.175 e. The van der Waals surface area contributed by atoms with Gasteiger partial charge in [0.15, 0.2) is 5.84 Å². The summed E-state index contributed by atoms with van der Waals surface area (Å²) in [6.45, 7) is 5.00. The van der Waals surface area contributed by atoms with E-state index in [9.17, 15) is 4.39 Å². The van der Waals surface area contributed by atoms with Crippen LogP contribution in [0.3, 0.4) is 0 Å². The average Bonchev–Trinajstić information content (AvgIpc) is 3.18. The first-order chi connectivity index (χ1) is 9.04. The molecule has 0 aliphatic heterocycles. The molecule has 0 heterocycles. The molecule has 1 aromatic rings. The third-order valence-electron chi connectivity index (χ3n) is 3.44. The second-order valence-corrected chi connectivity index (χ2v) is 5.31. The Morgan fingerprint density at radius 3 is 2.74 bits per heavy atom. The van der Waals surface area contributed by atoms with Crippen LogP contribution >= 0.6 is 0 Å². The topological polar surface area (TPSA) is 61.8 Å². The molecule has 0 saturated heterocycles. The van der Waals surface area contributed by atoms with Crippen molar-refractivity contribution in [2.45, 2.75) is 32.7 Å². The summed E-state index contributed by atoms with van der Waals surface area (Å²) < 4.78 is 14.0. The molecule has 1 saturated carbocycles. The fourth-order valence-electron chi connectivity index (χ4n) is 2.22. The minimum atomic E-state index is -0.464. The van der Waals surface area contributed by atoms with Gasteiger partial charge in [-0.15, -0.1) is 0 Å². The van der Waals surface area contributed by atoms with Crippen molar-refractivity contribution >= 4 is 11.5 Å². The largest absolute Gasteiger partial charge is 0.409 e. The van der Waals surface area contributed by atoms with Crippen LogP contribution in [0.1, 0.15) is 32.3 Å². The van der Waals surface area contributed by atoms with Gasteiger partial charge in [0.1, 0.15) is 5.82 Å². The van der Waals surface area contributed by atoms with E-state index in [4.69, 9.17) is 10.9 Å². The molecular formula is C14H20FN3O. The van der Waals surface area contributed by atoms with Crippen molar-refractivity contribution in [2.24, 2.45) is 16.8 Å². The molecule has 0 unspecified atom stereocenters. The summed E-state index contributed by atoms with van der Waals surface area (Å²) >= 11 is 0. The van der Waals surface area contributed by atoms with Crippen LogP contribution in [0, 0.1) is 11.7 Å². The standard InChI is InChI=1S/C14H20FN3O/c1-9(2)18(8-10-6-7-10)12-5-3-4-11(15)13(12)14(16)17-19/h3-5,9-10,19H,6-8H2,1-2H3,(H2,16,17). The van der Waals surface area contributed by atoms with Crippen LogP contribution in [0.5, 0.6) is 0 Å². The van der Waals surface area contributed by atoms with Crippen molar-refractivity contribution in [3.63, 3.8) is 0 Å². The van der Waals surface area contributed by atoms with Crippen molar-refractivity contribution < 1.29 is 9.60 Å². The second kappa shape index (κ2) is 5.47. The lowest BCUT2D eigenvalue weighted by atomic mass is 10.1. The molecule has 1 aliphatic rings. The van der Waals surface area contributed by atoms with E-state index in [0.29, 0.717) is 11.6 Å². The Hall–Kier alpha value is -1.78. The molecule has 0 spiro atoms. The molecule has 0 bridgehead atoms. The first kappa shape index (κ1) is 13.6. The number of hydrogen-bond donors (Lipinski definition) is 2. The number of halogens is 1. The molecule has 1 aliphatic carbocycles.